The molecule has 0 radical (unpaired) electrons. The monoisotopic (exact) mass is 474 g/mol. The minimum atomic E-state index is -1.14. The molecular formula is C24H34N4O6. The molecular weight excluding hydrogens is 440 g/mol. The van der Waals surface area contributed by atoms with Crippen molar-refractivity contribution in [3.05, 3.63) is 35.4 Å². The van der Waals surface area contributed by atoms with Gasteiger partial charge in [-0.2, -0.15) is 5.26 Å². The molecule has 0 aliphatic rings. The van der Waals surface area contributed by atoms with Crippen molar-refractivity contribution in [2.45, 2.75) is 59.1 Å². The van der Waals surface area contributed by atoms with Crippen LogP contribution in [0.2, 0.25) is 0 Å². The van der Waals surface area contributed by atoms with Gasteiger partial charge in [0.25, 0.3) is 0 Å². The number of esters is 1. The van der Waals surface area contributed by atoms with Gasteiger partial charge in [0.2, 0.25) is 11.8 Å². The van der Waals surface area contributed by atoms with Crippen LogP contribution in [0.4, 0.5) is 4.79 Å². The Morgan fingerprint density at radius 1 is 1.09 bits per heavy atom. The molecule has 0 saturated carbocycles. The molecule has 10 nitrogen and oxygen atoms in total. The van der Waals surface area contributed by atoms with Gasteiger partial charge in [-0.3, -0.25) is 14.4 Å². The number of carbonyl (C=O) groups excluding carboxylic acids is 4. The molecule has 1 atom stereocenters. The van der Waals surface area contributed by atoms with E-state index in [0.717, 1.165) is 16.9 Å². The van der Waals surface area contributed by atoms with Crippen molar-refractivity contribution in [1.82, 2.24) is 15.5 Å². The van der Waals surface area contributed by atoms with Gasteiger partial charge in [0.05, 0.1) is 19.1 Å². The van der Waals surface area contributed by atoms with Crippen LogP contribution in [0.15, 0.2) is 24.3 Å². The molecule has 0 spiro atoms. The SMILES string of the molecule is CCOC(=O)CCNC(=O)C(c1ccc(CC)cc1)N(CC#N)C(=O)CNC(=O)OC(C)(C)C. The van der Waals surface area contributed by atoms with Crippen molar-refractivity contribution >= 4 is 23.9 Å². The summed E-state index contributed by atoms with van der Waals surface area (Å²) in [6.45, 7) is 8.12. The second-order valence-electron chi connectivity index (χ2n) is 8.38. The van der Waals surface area contributed by atoms with E-state index in [1.807, 2.05) is 25.1 Å². The van der Waals surface area contributed by atoms with Gasteiger partial charge >= 0.3 is 12.1 Å². The normalized spacial score (nSPS) is 11.5. The first-order valence-electron chi connectivity index (χ1n) is 11.2. The highest BCUT2D eigenvalue weighted by Crippen LogP contribution is 2.22. The molecule has 0 fully saturated rings. The van der Waals surface area contributed by atoms with Gasteiger partial charge in [-0.25, -0.2) is 4.79 Å². The van der Waals surface area contributed by atoms with E-state index in [0.29, 0.717) is 5.56 Å². The zero-order valence-electron chi connectivity index (χ0n) is 20.5. The third-order valence-corrected chi connectivity index (χ3v) is 4.54. The predicted molar refractivity (Wildman–Crippen MR) is 124 cm³/mol. The number of nitrogens with zero attached hydrogens (tertiary/aromatic N) is 2. The zero-order valence-corrected chi connectivity index (χ0v) is 20.5. The van der Waals surface area contributed by atoms with Crippen LogP contribution in [0.5, 0.6) is 0 Å². The second-order valence-corrected chi connectivity index (χ2v) is 8.38. The number of amides is 3. The molecule has 0 aliphatic carbocycles. The van der Waals surface area contributed by atoms with E-state index >= 15 is 0 Å². The molecule has 10 heteroatoms. The number of hydrogen-bond donors (Lipinski definition) is 2. The van der Waals surface area contributed by atoms with E-state index in [2.05, 4.69) is 10.6 Å². The minimum absolute atomic E-state index is 0.00591. The Kier molecular flexibility index (Phi) is 11.6. The number of carbonyl (C=O) groups is 4. The molecule has 0 saturated heterocycles. The van der Waals surface area contributed by atoms with Crippen LogP contribution in [0.3, 0.4) is 0 Å². The second kappa shape index (κ2) is 13.8. The van der Waals surface area contributed by atoms with Crippen molar-refractivity contribution in [1.29, 1.82) is 5.26 Å². The molecule has 1 rings (SSSR count). The summed E-state index contributed by atoms with van der Waals surface area (Å²) >= 11 is 0. The lowest BCUT2D eigenvalue weighted by molar-refractivity contribution is -0.143. The third-order valence-electron chi connectivity index (χ3n) is 4.54. The fraction of sp³-hybridized carbons (Fsp3) is 0.542. The van der Waals surface area contributed by atoms with E-state index in [4.69, 9.17) is 9.47 Å². The quantitative estimate of drug-likeness (QED) is 0.370. The van der Waals surface area contributed by atoms with Crippen LogP contribution >= 0.6 is 0 Å². The standard InChI is InChI=1S/C24H34N4O6/c1-6-17-8-10-18(11-9-17)21(22(31)26-14-12-20(30)33-7-2)28(15-13-25)19(29)16-27-23(32)34-24(3,4)5/h8-11,21H,6-7,12,14-16H2,1-5H3,(H,26,31)(H,27,32). The largest absolute Gasteiger partial charge is 0.466 e. The number of hydrogen-bond acceptors (Lipinski definition) is 7. The Balaban J connectivity index is 3.09. The summed E-state index contributed by atoms with van der Waals surface area (Å²) in [4.78, 5) is 50.7. The molecule has 1 aromatic rings. The van der Waals surface area contributed by atoms with Crippen LogP contribution in [-0.2, 0) is 30.3 Å². The number of alkyl carbamates (subject to hydrolysis) is 1. The minimum Gasteiger partial charge on any atom is -0.466 e. The first-order chi connectivity index (χ1) is 16.0. The van der Waals surface area contributed by atoms with Gasteiger partial charge < -0.3 is 25.0 Å². The summed E-state index contributed by atoms with van der Waals surface area (Å²) < 4.78 is 9.99. The van der Waals surface area contributed by atoms with E-state index in [9.17, 15) is 24.4 Å². The van der Waals surface area contributed by atoms with E-state index in [1.54, 1.807) is 39.8 Å². The van der Waals surface area contributed by atoms with Crippen molar-refractivity contribution in [2.75, 3.05) is 26.2 Å². The number of rotatable bonds is 11. The molecule has 1 aromatic carbocycles. The Hall–Kier alpha value is -3.61. The Morgan fingerprint density at radius 2 is 1.74 bits per heavy atom. The smallest absolute Gasteiger partial charge is 0.408 e. The maximum absolute atomic E-state index is 13.1. The van der Waals surface area contributed by atoms with Crippen molar-refractivity contribution < 1.29 is 28.7 Å². The number of aryl methyl sites for hydroxylation is 1. The number of nitriles is 1. The molecule has 0 aliphatic heterocycles. The highest BCUT2D eigenvalue weighted by Gasteiger charge is 2.31. The topological polar surface area (TPSA) is 138 Å². The summed E-state index contributed by atoms with van der Waals surface area (Å²) in [5.41, 5.74) is 0.781. The van der Waals surface area contributed by atoms with Crippen LogP contribution in [0.25, 0.3) is 0 Å². The van der Waals surface area contributed by atoms with Gasteiger partial charge in [0.15, 0.2) is 0 Å². The van der Waals surface area contributed by atoms with Gasteiger partial charge in [0.1, 0.15) is 24.7 Å². The average molecular weight is 475 g/mol. The summed E-state index contributed by atoms with van der Waals surface area (Å²) in [6.07, 6.45) is -0.0364. The highest BCUT2D eigenvalue weighted by molar-refractivity contribution is 5.90. The van der Waals surface area contributed by atoms with E-state index in [1.165, 1.54) is 0 Å². The summed E-state index contributed by atoms with van der Waals surface area (Å²) in [5.74, 6) is -1.66. The molecule has 186 valence electrons. The lowest BCUT2D eigenvalue weighted by atomic mass is 10.0. The lowest BCUT2D eigenvalue weighted by Crippen LogP contribution is -2.48. The highest BCUT2D eigenvalue weighted by atomic mass is 16.6. The first-order valence-corrected chi connectivity index (χ1v) is 11.2. The fourth-order valence-electron chi connectivity index (χ4n) is 2.99. The number of ether oxygens (including phenoxy) is 2. The Morgan fingerprint density at radius 3 is 2.26 bits per heavy atom. The first kappa shape index (κ1) is 28.4. The van der Waals surface area contributed by atoms with Crippen LogP contribution < -0.4 is 10.6 Å². The summed E-state index contributed by atoms with van der Waals surface area (Å²) in [6, 6.07) is 7.86. The molecule has 0 heterocycles. The molecule has 0 aromatic heterocycles. The van der Waals surface area contributed by atoms with Gasteiger partial charge in [-0.15, -0.1) is 0 Å². The van der Waals surface area contributed by atoms with E-state index < -0.39 is 42.1 Å². The average Bonchev–Trinajstić information content (AvgIpc) is 2.76. The maximum Gasteiger partial charge on any atom is 0.408 e. The van der Waals surface area contributed by atoms with Gasteiger partial charge in [0, 0.05) is 6.54 Å². The summed E-state index contributed by atoms with van der Waals surface area (Å²) in [7, 11) is 0. The molecule has 3 amide bonds. The van der Waals surface area contributed by atoms with Crippen molar-refractivity contribution in [3.63, 3.8) is 0 Å². The van der Waals surface area contributed by atoms with Crippen LogP contribution in [0, 0.1) is 11.3 Å². The fourth-order valence-corrected chi connectivity index (χ4v) is 2.99. The third kappa shape index (κ3) is 9.90. The van der Waals surface area contributed by atoms with E-state index in [-0.39, 0.29) is 26.1 Å². The van der Waals surface area contributed by atoms with Crippen molar-refractivity contribution in [3.8, 4) is 6.07 Å². The van der Waals surface area contributed by atoms with Crippen molar-refractivity contribution in [2.24, 2.45) is 0 Å². The predicted octanol–water partition coefficient (Wildman–Crippen LogP) is 2.24. The lowest BCUT2D eigenvalue weighted by Gasteiger charge is -2.30. The maximum atomic E-state index is 13.1. The Bertz CT molecular complexity index is 886. The number of benzene rings is 1. The molecule has 1 unspecified atom stereocenters. The molecule has 0 bridgehead atoms. The Labute approximate surface area is 200 Å². The molecule has 34 heavy (non-hydrogen) atoms. The van der Waals surface area contributed by atoms with Gasteiger partial charge in [-0.05, 0) is 45.2 Å². The van der Waals surface area contributed by atoms with Crippen LogP contribution in [-0.4, -0.2) is 60.6 Å². The van der Waals surface area contributed by atoms with Crippen LogP contribution in [0.1, 0.15) is 58.2 Å². The molecule has 2 N–H and O–H groups in total. The number of nitrogens with one attached hydrogen (secondary N) is 2. The zero-order chi connectivity index (χ0) is 25.7. The summed E-state index contributed by atoms with van der Waals surface area (Å²) in [5, 5.41) is 14.3. The van der Waals surface area contributed by atoms with Gasteiger partial charge in [-0.1, -0.05) is 31.2 Å².